The number of rotatable bonds is 1. The van der Waals surface area contributed by atoms with Gasteiger partial charge in [-0.2, -0.15) is 4.52 Å². The number of aromatic nitrogens is 6. The lowest BCUT2D eigenvalue weighted by atomic mass is 10.2. The average molecular weight is 263 g/mol. The first kappa shape index (κ1) is 10.8. The molecule has 4 rings (SSSR count). The van der Waals surface area contributed by atoms with Crippen molar-refractivity contribution in [3.05, 3.63) is 42.9 Å². The third-order valence-electron chi connectivity index (χ3n) is 3.00. The zero-order valence-corrected chi connectivity index (χ0v) is 10.3. The zero-order valence-electron chi connectivity index (χ0n) is 10.3. The first-order chi connectivity index (χ1) is 9.83. The van der Waals surface area contributed by atoms with E-state index in [9.17, 15) is 0 Å². The summed E-state index contributed by atoms with van der Waals surface area (Å²) < 4.78 is 1.52. The maximum Gasteiger partial charge on any atom is 0.223 e. The van der Waals surface area contributed by atoms with E-state index in [0.29, 0.717) is 23.1 Å². The average Bonchev–Trinajstić information content (AvgIpc) is 2.94. The molecule has 7 nitrogen and oxygen atoms in total. The van der Waals surface area contributed by atoms with Crippen molar-refractivity contribution in [2.75, 3.05) is 5.73 Å². The van der Waals surface area contributed by atoms with Gasteiger partial charge in [-0.05, 0) is 12.1 Å². The van der Waals surface area contributed by atoms with Crippen LogP contribution in [0.2, 0.25) is 0 Å². The molecule has 20 heavy (non-hydrogen) atoms. The number of hydrogen-bond donors (Lipinski definition) is 1. The van der Waals surface area contributed by atoms with Gasteiger partial charge in [0.05, 0.1) is 11.7 Å². The first-order valence-electron chi connectivity index (χ1n) is 6.00. The molecular formula is C13H9N7. The minimum absolute atomic E-state index is 0.293. The molecule has 0 atom stereocenters. The Morgan fingerprint density at radius 3 is 2.80 bits per heavy atom. The standard InChI is InChI=1S/C13H9N7/c14-13-17-9-4-2-1-3-8(9)12-18-11(19-20(12)13)10-7-15-5-6-16-10/h1-7H,(H2,14,17). The van der Waals surface area contributed by atoms with Crippen molar-refractivity contribution in [3.63, 3.8) is 0 Å². The largest absolute Gasteiger partial charge is 0.368 e. The molecule has 0 amide bonds. The molecule has 4 aromatic rings. The molecule has 0 aliphatic heterocycles. The fourth-order valence-corrected chi connectivity index (χ4v) is 2.10. The van der Waals surface area contributed by atoms with Crippen LogP contribution in [0.1, 0.15) is 0 Å². The number of nitrogens with zero attached hydrogens (tertiary/aromatic N) is 6. The lowest BCUT2D eigenvalue weighted by molar-refractivity contribution is 0.950. The molecule has 0 bridgehead atoms. The molecule has 0 fully saturated rings. The Morgan fingerprint density at radius 1 is 1.05 bits per heavy atom. The molecular weight excluding hydrogens is 254 g/mol. The molecule has 0 aliphatic carbocycles. The molecule has 3 aromatic heterocycles. The second kappa shape index (κ2) is 3.95. The Morgan fingerprint density at radius 2 is 1.95 bits per heavy atom. The molecule has 0 saturated carbocycles. The summed E-state index contributed by atoms with van der Waals surface area (Å²) in [5.74, 6) is 0.768. The molecule has 0 aliphatic rings. The Kier molecular flexibility index (Phi) is 2.13. The van der Waals surface area contributed by atoms with Crippen LogP contribution < -0.4 is 5.73 Å². The Hall–Kier alpha value is -3.09. The van der Waals surface area contributed by atoms with Crippen LogP contribution in [-0.2, 0) is 0 Å². The predicted molar refractivity (Wildman–Crippen MR) is 73.7 cm³/mol. The summed E-state index contributed by atoms with van der Waals surface area (Å²) in [7, 11) is 0. The van der Waals surface area contributed by atoms with Crippen molar-refractivity contribution in [3.8, 4) is 11.5 Å². The van der Waals surface area contributed by atoms with E-state index >= 15 is 0 Å². The van der Waals surface area contributed by atoms with Crippen molar-refractivity contribution in [1.82, 2.24) is 29.5 Å². The molecule has 0 radical (unpaired) electrons. The lowest BCUT2D eigenvalue weighted by Gasteiger charge is -2.00. The number of nitrogens with two attached hydrogens (primary N) is 1. The summed E-state index contributed by atoms with van der Waals surface area (Å²) in [5, 5.41) is 5.24. The van der Waals surface area contributed by atoms with E-state index in [-0.39, 0.29) is 0 Å². The monoisotopic (exact) mass is 263 g/mol. The van der Waals surface area contributed by atoms with Crippen LogP contribution in [0.25, 0.3) is 28.1 Å². The Labute approximate surface area is 113 Å². The van der Waals surface area contributed by atoms with Gasteiger partial charge in [-0.1, -0.05) is 12.1 Å². The van der Waals surface area contributed by atoms with Gasteiger partial charge in [0.15, 0.2) is 5.65 Å². The number of anilines is 1. The van der Waals surface area contributed by atoms with Gasteiger partial charge < -0.3 is 5.73 Å². The van der Waals surface area contributed by atoms with Gasteiger partial charge in [-0.25, -0.2) is 15.0 Å². The van der Waals surface area contributed by atoms with Crippen molar-refractivity contribution in [2.45, 2.75) is 0 Å². The molecule has 0 spiro atoms. The fourth-order valence-electron chi connectivity index (χ4n) is 2.10. The Balaban J connectivity index is 2.08. The minimum Gasteiger partial charge on any atom is -0.368 e. The maximum atomic E-state index is 5.93. The number of fused-ring (bicyclic) bond motifs is 3. The zero-order chi connectivity index (χ0) is 13.5. The highest BCUT2D eigenvalue weighted by Crippen LogP contribution is 2.21. The van der Waals surface area contributed by atoms with Crippen LogP contribution in [0, 0.1) is 0 Å². The van der Waals surface area contributed by atoms with Crippen LogP contribution in [-0.4, -0.2) is 29.5 Å². The van der Waals surface area contributed by atoms with E-state index in [1.807, 2.05) is 24.3 Å². The highest BCUT2D eigenvalue weighted by atomic mass is 15.4. The van der Waals surface area contributed by atoms with E-state index in [1.165, 1.54) is 4.52 Å². The number of benzene rings is 1. The van der Waals surface area contributed by atoms with Gasteiger partial charge in [-0.3, -0.25) is 4.98 Å². The van der Waals surface area contributed by atoms with Gasteiger partial charge in [0, 0.05) is 17.8 Å². The van der Waals surface area contributed by atoms with Crippen molar-refractivity contribution in [1.29, 1.82) is 0 Å². The molecule has 0 saturated heterocycles. The summed E-state index contributed by atoms with van der Waals surface area (Å²) >= 11 is 0. The summed E-state index contributed by atoms with van der Waals surface area (Å²) in [4.78, 5) is 17.0. The smallest absolute Gasteiger partial charge is 0.223 e. The van der Waals surface area contributed by atoms with Gasteiger partial charge in [0.25, 0.3) is 0 Å². The van der Waals surface area contributed by atoms with E-state index in [0.717, 1.165) is 10.9 Å². The normalized spacial score (nSPS) is 11.2. The van der Waals surface area contributed by atoms with Crippen molar-refractivity contribution < 1.29 is 0 Å². The highest BCUT2D eigenvalue weighted by molar-refractivity contribution is 5.92. The summed E-state index contributed by atoms with van der Waals surface area (Å²) in [5.41, 5.74) is 7.97. The molecule has 96 valence electrons. The van der Waals surface area contributed by atoms with Crippen LogP contribution in [0.3, 0.4) is 0 Å². The highest BCUT2D eigenvalue weighted by Gasteiger charge is 2.13. The third kappa shape index (κ3) is 1.50. The van der Waals surface area contributed by atoms with Gasteiger partial charge >= 0.3 is 0 Å². The lowest BCUT2D eigenvalue weighted by Crippen LogP contribution is -2.02. The SMILES string of the molecule is Nc1nc2ccccc2c2nc(-c3cnccn3)nn12. The second-order valence-corrected chi connectivity index (χ2v) is 4.25. The summed E-state index contributed by atoms with van der Waals surface area (Å²) in [6.07, 6.45) is 4.81. The third-order valence-corrected chi connectivity index (χ3v) is 3.00. The minimum atomic E-state index is 0.293. The van der Waals surface area contributed by atoms with Crippen LogP contribution in [0.5, 0.6) is 0 Å². The summed E-state index contributed by atoms with van der Waals surface area (Å²) in [6, 6.07) is 7.66. The molecule has 2 N–H and O–H groups in total. The molecule has 1 aromatic carbocycles. The fraction of sp³-hybridized carbons (Fsp3) is 0. The van der Waals surface area contributed by atoms with Crippen LogP contribution >= 0.6 is 0 Å². The van der Waals surface area contributed by atoms with Gasteiger partial charge in [0.1, 0.15) is 5.69 Å². The molecule has 0 unspecified atom stereocenters. The predicted octanol–water partition coefficient (Wildman–Crippen LogP) is 1.32. The number of para-hydroxylation sites is 1. The second-order valence-electron chi connectivity index (χ2n) is 4.25. The number of nitrogen functional groups attached to an aromatic ring is 1. The quantitative estimate of drug-likeness (QED) is 0.556. The van der Waals surface area contributed by atoms with Crippen molar-refractivity contribution in [2.24, 2.45) is 0 Å². The maximum absolute atomic E-state index is 5.93. The van der Waals surface area contributed by atoms with E-state index in [1.54, 1.807) is 18.6 Å². The van der Waals surface area contributed by atoms with Gasteiger partial charge in [0.2, 0.25) is 11.8 Å². The topological polar surface area (TPSA) is 94.9 Å². The van der Waals surface area contributed by atoms with Crippen LogP contribution in [0.15, 0.2) is 42.9 Å². The molecule has 3 heterocycles. The summed E-state index contributed by atoms with van der Waals surface area (Å²) in [6.45, 7) is 0. The van der Waals surface area contributed by atoms with E-state index in [4.69, 9.17) is 5.73 Å². The van der Waals surface area contributed by atoms with E-state index < -0.39 is 0 Å². The van der Waals surface area contributed by atoms with E-state index in [2.05, 4.69) is 25.0 Å². The molecule has 7 heteroatoms. The van der Waals surface area contributed by atoms with Crippen LogP contribution in [0.4, 0.5) is 5.95 Å². The van der Waals surface area contributed by atoms with Crippen molar-refractivity contribution >= 4 is 22.5 Å². The first-order valence-corrected chi connectivity index (χ1v) is 6.00. The van der Waals surface area contributed by atoms with Gasteiger partial charge in [-0.15, -0.1) is 5.10 Å². The number of hydrogen-bond acceptors (Lipinski definition) is 6. The Bertz CT molecular complexity index is 914.